The molecule has 1 fully saturated rings. The van der Waals surface area contributed by atoms with Crippen LogP contribution in [0, 0.1) is 30.1 Å². The molecule has 0 spiro atoms. The number of piperidine rings is 1. The number of halogens is 5. The minimum absolute atomic E-state index is 0.0203. The van der Waals surface area contributed by atoms with Gasteiger partial charge in [0.05, 0.1) is 52.2 Å². The van der Waals surface area contributed by atoms with Crippen molar-refractivity contribution in [2.24, 2.45) is 0 Å². The maximum Gasteiger partial charge on any atom is 0.319 e. The van der Waals surface area contributed by atoms with E-state index in [2.05, 4.69) is 32.9 Å². The van der Waals surface area contributed by atoms with Crippen molar-refractivity contribution in [1.29, 1.82) is 5.26 Å². The molecule has 1 N–H and O–H groups in total. The van der Waals surface area contributed by atoms with E-state index in [1.54, 1.807) is 43.1 Å². The smallest absolute Gasteiger partial charge is 0.319 e. The number of fused-ring (bicyclic) bond motifs is 2. The molecule has 5 aromatic rings. The molecule has 0 atom stereocenters. The first kappa shape index (κ1) is 39.6. The summed E-state index contributed by atoms with van der Waals surface area (Å²) < 4.78 is 80.0. The first-order valence-corrected chi connectivity index (χ1v) is 19.7. The van der Waals surface area contributed by atoms with Crippen molar-refractivity contribution in [3.05, 3.63) is 79.9 Å². The number of likely N-dealkylation sites (tertiary alicyclic amines) is 1. The van der Waals surface area contributed by atoms with Crippen LogP contribution in [0.25, 0.3) is 32.2 Å². The van der Waals surface area contributed by atoms with Gasteiger partial charge in [-0.3, -0.25) is 24.0 Å². The van der Waals surface area contributed by atoms with E-state index in [1.165, 1.54) is 38.6 Å². The molecule has 0 unspecified atom stereocenters. The topological polar surface area (TPSA) is 154 Å². The zero-order valence-electron chi connectivity index (χ0n) is 29.4. The lowest BCUT2D eigenvalue weighted by Crippen LogP contribution is -2.49. The van der Waals surface area contributed by atoms with E-state index in [4.69, 9.17) is 11.6 Å². The quantitative estimate of drug-likeness (QED) is 0.150. The Morgan fingerprint density at radius 3 is 2.60 bits per heavy atom. The first-order valence-electron chi connectivity index (χ1n) is 16.6. The van der Waals surface area contributed by atoms with E-state index in [0.717, 1.165) is 6.26 Å². The molecule has 19 heteroatoms. The fraction of sp³-hybridized carbons (Fsp3) is 0.333. The molecule has 55 heavy (non-hydrogen) atoms. The zero-order valence-corrected chi connectivity index (χ0v) is 31.8. The fourth-order valence-electron chi connectivity index (χ4n) is 6.47. The molecule has 1 aliphatic rings. The fourth-order valence-corrected chi connectivity index (χ4v) is 8.12. The van der Waals surface area contributed by atoms with Gasteiger partial charge in [-0.25, -0.2) is 31.9 Å². The van der Waals surface area contributed by atoms with E-state index in [0.29, 0.717) is 50.6 Å². The molecular formula is C36H31ClF4N8O4S2. The van der Waals surface area contributed by atoms with Crippen molar-refractivity contribution in [3.63, 3.8) is 0 Å². The highest BCUT2D eigenvalue weighted by atomic mass is 35.5. The highest BCUT2D eigenvalue weighted by Crippen LogP contribution is 2.37. The molecule has 0 saturated carbocycles. The predicted molar refractivity (Wildman–Crippen MR) is 201 cm³/mol. The number of nitriles is 1. The van der Waals surface area contributed by atoms with Crippen molar-refractivity contribution >= 4 is 65.8 Å². The van der Waals surface area contributed by atoms with Crippen molar-refractivity contribution in [3.8, 4) is 29.0 Å². The number of aromatic nitrogens is 4. The number of anilines is 1. The summed E-state index contributed by atoms with van der Waals surface area (Å²) in [6.45, 7) is 0.726. The Morgan fingerprint density at radius 1 is 1.20 bits per heavy atom. The molecule has 0 radical (unpaired) electrons. The van der Waals surface area contributed by atoms with Crippen LogP contribution in [-0.2, 0) is 16.6 Å². The maximum atomic E-state index is 14.0. The van der Waals surface area contributed by atoms with Crippen LogP contribution in [0.15, 0.2) is 46.8 Å². The minimum atomic E-state index is -4.12. The number of hydrogen-bond acceptors (Lipinski definition) is 11. The number of benzene rings is 1. The summed E-state index contributed by atoms with van der Waals surface area (Å²) in [5.41, 5.74) is 1.80. The van der Waals surface area contributed by atoms with Crippen LogP contribution >= 0.6 is 22.9 Å². The molecule has 12 nitrogen and oxygen atoms in total. The molecule has 1 aliphatic heterocycles. The van der Waals surface area contributed by atoms with E-state index in [-0.39, 0.29) is 53.5 Å². The molecule has 4 aromatic heterocycles. The van der Waals surface area contributed by atoms with Gasteiger partial charge >= 0.3 is 12.3 Å². The summed E-state index contributed by atoms with van der Waals surface area (Å²) >= 11 is 7.59. The highest BCUT2D eigenvalue weighted by Gasteiger charge is 2.43. The average Bonchev–Trinajstić information content (AvgIpc) is 3.57. The molecule has 1 amide bonds. The Kier molecular flexibility index (Phi) is 11.2. The lowest BCUT2D eigenvalue weighted by atomic mass is 10.00. The van der Waals surface area contributed by atoms with Crippen LogP contribution < -0.4 is 15.2 Å². The van der Waals surface area contributed by atoms with Gasteiger partial charge in [-0.2, -0.15) is 14.0 Å². The minimum Gasteiger partial charge on any atom is -0.355 e. The number of amides is 1. The number of nitrogens with zero attached hydrogens (tertiary/aromatic N) is 7. The Hall–Kier alpha value is -5.14. The monoisotopic (exact) mass is 814 g/mol. The van der Waals surface area contributed by atoms with Gasteiger partial charge in [0.15, 0.2) is 0 Å². The number of rotatable bonds is 9. The van der Waals surface area contributed by atoms with Gasteiger partial charge in [-0.15, -0.1) is 11.3 Å². The van der Waals surface area contributed by atoms with Gasteiger partial charge in [0.1, 0.15) is 23.3 Å². The largest absolute Gasteiger partial charge is 0.355 e. The lowest BCUT2D eigenvalue weighted by molar-refractivity contribution is -0.143. The SMILES string of the molecule is Cc1nc2cnc(N(C)C3CCN(CC(F)(F)C(F)F)CC3)c(C#N)c2c(=O)n1CC#Cc1ccc(Cl)cc1-c1ccnc2c(C(=O)NS(C)(=O)=O)csc12. The van der Waals surface area contributed by atoms with Crippen molar-refractivity contribution < 1.29 is 30.8 Å². The van der Waals surface area contributed by atoms with E-state index < -0.39 is 40.4 Å². The van der Waals surface area contributed by atoms with Gasteiger partial charge in [-0.1, -0.05) is 23.4 Å². The van der Waals surface area contributed by atoms with Crippen LogP contribution in [0.1, 0.15) is 40.2 Å². The summed E-state index contributed by atoms with van der Waals surface area (Å²) in [5, 5.41) is 12.2. The zero-order chi connectivity index (χ0) is 39.8. The van der Waals surface area contributed by atoms with Gasteiger partial charge < -0.3 is 4.90 Å². The molecular weight excluding hydrogens is 784 g/mol. The highest BCUT2D eigenvalue weighted by molar-refractivity contribution is 7.89. The Labute approximate surface area is 321 Å². The van der Waals surface area contributed by atoms with Crippen LogP contribution in [0.4, 0.5) is 23.4 Å². The first-order chi connectivity index (χ1) is 26.0. The number of carbonyl (C=O) groups is 1. The lowest BCUT2D eigenvalue weighted by Gasteiger charge is -2.38. The standard InChI is InChI=1S/C36H31ClF4N8O4S2/c1-20-45-28-17-44-32(47(2)23-9-13-48(14-10-23)19-36(40,41)35(38)39)26(16-42)29(28)34(51)49(20)12-4-5-21-6-7-22(37)15-25(21)24-8-11-43-30-27(18-54-31(24)30)33(50)46-55(3,52)53/h6-8,11,15,17-18,23,35H,9-10,12-14,19H2,1-3H3,(H,46,50). The second-order valence-electron chi connectivity index (χ2n) is 12.9. The third-order valence-electron chi connectivity index (χ3n) is 9.18. The molecule has 0 bridgehead atoms. The molecule has 6 rings (SSSR count). The number of pyridine rings is 2. The summed E-state index contributed by atoms with van der Waals surface area (Å²) in [4.78, 5) is 42.9. The van der Waals surface area contributed by atoms with E-state index in [9.17, 15) is 40.8 Å². The van der Waals surface area contributed by atoms with E-state index >= 15 is 0 Å². The van der Waals surface area contributed by atoms with Crippen molar-refractivity contribution in [2.45, 2.75) is 44.7 Å². The Balaban J connectivity index is 1.29. The summed E-state index contributed by atoms with van der Waals surface area (Å²) in [5.74, 6) is 1.69. The molecule has 0 aliphatic carbocycles. The summed E-state index contributed by atoms with van der Waals surface area (Å²) in [7, 11) is -2.14. The normalized spacial score (nSPS) is 14.2. The van der Waals surface area contributed by atoms with Crippen molar-refractivity contribution in [1.82, 2.24) is 29.1 Å². The number of aryl methyl sites for hydroxylation is 1. The number of nitrogens with one attached hydrogen (secondary N) is 1. The van der Waals surface area contributed by atoms with Gasteiger partial charge in [0.2, 0.25) is 10.0 Å². The van der Waals surface area contributed by atoms with Crippen LogP contribution in [-0.4, -0.2) is 90.1 Å². The number of sulfonamides is 1. The van der Waals surface area contributed by atoms with E-state index in [1.807, 2.05) is 4.72 Å². The number of thiophene rings is 1. The third kappa shape index (κ3) is 8.28. The van der Waals surface area contributed by atoms with Gasteiger partial charge in [0.25, 0.3) is 11.5 Å². The van der Waals surface area contributed by atoms with Crippen LogP contribution in [0.5, 0.6) is 0 Å². The number of hydrogen-bond donors (Lipinski definition) is 1. The molecule has 286 valence electrons. The predicted octanol–water partition coefficient (Wildman–Crippen LogP) is 5.44. The Bertz CT molecular complexity index is 2610. The average molecular weight is 815 g/mol. The van der Waals surface area contributed by atoms with Crippen molar-refractivity contribution in [2.75, 3.05) is 37.8 Å². The Morgan fingerprint density at radius 2 is 1.93 bits per heavy atom. The van der Waals surface area contributed by atoms with Gasteiger partial charge in [-0.05, 0) is 44.0 Å². The summed E-state index contributed by atoms with van der Waals surface area (Å²) in [6, 6.07) is 8.58. The number of carbonyl (C=O) groups excluding carboxylic acids is 1. The maximum absolute atomic E-state index is 14.0. The molecule has 1 saturated heterocycles. The van der Waals surface area contributed by atoms with Crippen LogP contribution in [0.2, 0.25) is 5.02 Å². The summed E-state index contributed by atoms with van der Waals surface area (Å²) in [6.07, 6.45) is 0.677. The molecule has 1 aromatic carbocycles. The molecule has 5 heterocycles. The van der Waals surface area contributed by atoms with Crippen LogP contribution in [0.3, 0.4) is 0 Å². The third-order valence-corrected chi connectivity index (χ3v) is 11.0. The number of alkyl halides is 4. The second-order valence-corrected chi connectivity index (χ2v) is 16.0. The second kappa shape index (κ2) is 15.5. The van der Waals surface area contributed by atoms with Gasteiger partial charge in [0, 0.05) is 59.5 Å².